The quantitative estimate of drug-likeness (QED) is 0.229. The second-order valence-corrected chi connectivity index (χ2v) is 11.9. The first-order chi connectivity index (χ1) is 18.8. The van der Waals surface area contributed by atoms with Crippen molar-refractivity contribution in [1.29, 1.82) is 0 Å². The van der Waals surface area contributed by atoms with Gasteiger partial charge >= 0.3 is 0 Å². The van der Waals surface area contributed by atoms with Gasteiger partial charge in [0.15, 0.2) is 5.82 Å². The van der Waals surface area contributed by atoms with Crippen LogP contribution in [0.3, 0.4) is 0 Å². The summed E-state index contributed by atoms with van der Waals surface area (Å²) < 4.78 is 1.91. The highest BCUT2D eigenvalue weighted by Crippen LogP contribution is 2.32. The number of nitrogens with zero attached hydrogens (tertiary/aromatic N) is 5. The van der Waals surface area contributed by atoms with Gasteiger partial charge in [-0.15, -0.1) is 16.4 Å². The molecule has 8 heteroatoms. The monoisotopic (exact) mass is 540 g/mol. The number of tetrazole rings is 1. The molecule has 3 heterocycles. The van der Waals surface area contributed by atoms with Gasteiger partial charge in [-0.25, -0.2) is 4.68 Å². The Balaban J connectivity index is 1.69. The standard InChI is InChI=1S/C31H36N6OS/c1-6-31(4,5)37-29(33-34-35-37)28(26-19-24-17-21(2)22(3)18-27(24)32-30(26)38)36(20-25-13-10-16-39-25)15-14-23-11-8-7-9-12-23/h7-13,16-19,28H,6,14-15,20H2,1-5H3,(H,32,38)/t28-/m1/s1. The number of thiophene rings is 1. The molecular formula is C31H36N6OS. The van der Waals surface area contributed by atoms with Gasteiger partial charge in [-0.3, -0.25) is 9.69 Å². The Morgan fingerprint density at radius 2 is 1.82 bits per heavy atom. The predicted molar refractivity (Wildman–Crippen MR) is 158 cm³/mol. The van der Waals surface area contributed by atoms with Gasteiger partial charge in [-0.1, -0.05) is 43.3 Å². The topological polar surface area (TPSA) is 79.7 Å². The van der Waals surface area contributed by atoms with Gasteiger partial charge in [-0.2, -0.15) is 0 Å². The van der Waals surface area contributed by atoms with Crippen molar-refractivity contribution in [3.63, 3.8) is 0 Å². The van der Waals surface area contributed by atoms with Crippen LogP contribution >= 0.6 is 11.3 Å². The normalized spacial score (nSPS) is 12.9. The summed E-state index contributed by atoms with van der Waals surface area (Å²) in [5.74, 6) is 0.681. The van der Waals surface area contributed by atoms with Gasteiger partial charge in [0, 0.05) is 29.0 Å². The Hall–Kier alpha value is -3.62. The summed E-state index contributed by atoms with van der Waals surface area (Å²) >= 11 is 1.72. The summed E-state index contributed by atoms with van der Waals surface area (Å²) in [6, 6.07) is 20.5. The van der Waals surface area contributed by atoms with Gasteiger partial charge in [0.1, 0.15) is 6.04 Å². The molecule has 202 valence electrons. The Morgan fingerprint density at radius 1 is 1.05 bits per heavy atom. The highest BCUT2D eigenvalue weighted by molar-refractivity contribution is 7.09. The highest BCUT2D eigenvalue weighted by atomic mass is 32.1. The summed E-state index contributed by atoms with van der Waals surface area (Å²) in [6.07, 6.45) is 1.69. The lowest BCUT2D eigenvalue weighted by molar-refractivity contribution is 0.191. The molecular weight excluding hydrogens is 504 g/mol. The molecule has 0 saturated carbocycles. The Bertz CT molecular complexity index is 1600. The SMILES string of the molecule is CCC(C)(C)n1nnnc1[C@@H](c1cc2cc(C)c(C)cc2[nH]c1=O)N(CCc1ccccc1)Cc1cccs1. The number of fused-ring (bicyclic) bond motifs is 1. The Kier molecular flexibility index (Phi) is 7.77. The molecule has 1 atom stereocenters. The van der Waals surface area contributed by atoms with Crippen molar-refractivity contribution in [2.45, 2.75) is 65.6 Å². The van der Waals surface area contributed by atoms with Crippen LogP contribution in [-0.4, -0.2) is 36.6 Å². The third-order valence-corrected chi connectivity index (χ3v) is 8.65. The number of aryl methyl sites for hydroxylation is 2. The molecule has 39 heavy (non-hydrogen) atoms. The largest absolute Gasteiger partial charge is 0.322 e. The maximum Gasteiger partial charge on any atom is 0.253 e. The van der Waals surface area contributed by atoms with E-state index in [2.05, 4.69) is 108 Å². The first-order valence-electron chi connectivity index (χ1n) is 13.5. The minimum Gasteiger partial charge on any atom is -0.322 e. The lowest BCUT2D eigenvalue weighted by atomic mass is 9.98. The number of hydrogen-bond donors (Lipinski definition) is 1. The fraction of sp³-hybridized carbons (Fsp3) is 0.355. The number of nitrogens with one attached hydrogen (secondary N) is 1. The smallest absolute Gasteiger partial charge is 0.253 e. The second-order valence-electron chi connectivity index (χ2n) is 10.9. The van der Waals surface area contributed by atoms with E-state index < -0.39 is 6.04 Å². The summed E-state index contributed by atoms with van der Waals surface area (Å²) in [4.78, 5) is 20.6. The van der Waals surface area contributed by atoms with Gasteiger partial charge in [0.25, 0.3) is 5.56 Å². The molecule has 2 aromatic carbocycles. The van der Waals surface area contributed by atoms with Gasteiger partial charge < -0.3 is 4.98 Å². The van der Waals surface area contributed by atoms with Gasteiger partial charge in [0.2, 0.25) is 0 Å². The number of rotatable bonds is 10. The second kappa shape index (κ2) is 11.2. The molecule has 0 radical (unpaired) electrons. The first kappa shape index (κ1) is 27.0. The molecule has 0 aliphatic rings. The number of pyridine rings is 1. The Labute approximate surface area is 233 Å². The van der Waals surface area contributed by atoms with E-state index in [1.165, 1.54) is 16.0 Å². The summed E-state index contributed by atoms with van der Waals surface area (Å²) in [5.41, 5.74) is 4.65. The van der Waals surface area contributed by atoms with E-state index in [0.29, 0.717) is 17.9 Å². The zero-order chi connectivity index (χ0) is 27.6. The van der Waals surface area contributed by atoms with E-state index >= 15 is 0 Å². The van der Waals surface area contributed by atoms with Crippen LogP contribution in [0.2, 0.25) is 0 Å². The number of aromatic amines is 1. The molecule has 0 fully saturated rings. The summed E-state index contributed by atoms with van der Waals surface area (Å²) in [5, 5.41) is 16.2. The number of benzene rings is 2. The van der Waals surface area contributed by atoms with Crippen molar-refractivity contribution in [2.75, 3.05) is 6.54 Å². The van der Waals surface area contributed by atoms with Crippen LogP contribution in [-0.2, 0) is 18.5 Å². The third-order valence-electron chi connectivity index (χ3n) is 7.79. The lowest BCUT2D eigenvalue weighted by Crippen LogP contribution is -2.39. The average Bonchev–Trinajstić information content (AvgIpc) is 3.62. The fourth-order valence-electron chi connectivity index (χ4n) is 4.96. The summed E-state index contributed by atoms with van der Waals surface area (Å²) in [6.45, 7) is 12.0. The van der Waals surface area contributed by atoms with E-state index in [1.807, 2.05) is 22.9 Å². The maximum absolute atomic E-state index is 13.8. The van der Waals surface area contributed by atoms with Gasteiger partial charge in [0.05, 0.1) is 5.54 Å². The molecule has 0 aliphatic carbocycles. The van der Waals surface area contributed by atoms with Crippen molar-refractivity contribution in [1.82, 2.24) is 30.1 Å². The predicted octanol–water partition coefficient (Wildman–Crippen LogP) is 6.17. The zero-order valence-corrected chi connectivity index (χ0v) is 24.1. The first-order valence-corrected chi connectivity index (χ1v) is 14.4. The number of aromatic nitrogens is 5. The van der Waals surface area contributed by atoms with Crippen LogP contribution in [0.1, 0.15) is 66.2 Å². The third kappa shape index (κ3) is 5.72. The molecule has 0 spiro atoms. The van der Waals surface area contributed by atoms with E-state index in [4.69, 9.17) is 0 Å². The van der Waals surface area contributed by atoms with Crippen LogP contribution < -0.4 is 5.56 Å². The van der Waals surface area contributed by atoms with Crippen molar-refractivity contribution in [3.8, 4) is 0 Å². The molecule has 0 amide bonds. The molecule has 3 aromatic heterocycles. The Morgan fingerprint density at radius 3 is 2.54 bits per heavy atom. The average molecular weight is 541 g/mol. The zero-order valence-electron chi connectivity index (χ0n) is 23.3. The van der Waals surface area contributed by atoms with E-state index in [0.717, 1.165) is 35.9 Å². The molecule has 0 bridgehead atoms. The lowest BCUT2D eigenvalue weighted by Gasteiger charge is -2.33. The fourth-order valence-corrected chi connectivity index (χ4v) is 5.69. The molecule has 5 aromatic rings. The van der Waals surface area contributed by atoms with Crippen LogP contribution in [0.5, 0.6) is 0 Å². The van der Waals surface area contributed by atoms with Gasteiger partial charge in [-0.05, 0) is 103 Å². The van der Waals surface area contributed by atoms with Crippen LogP contribution in [0, 0.1) is 13.8 Å². The van der Waals surface area contributed by atoms with Crippen molar-refractivity contribution in [3.05, 3.63) is 109 Å². The van der Waals surface area contributed by atoms with E-state index in [1.54, 1.807) is 11.3 Å². The van der Waals surface area contributed by atoms with Crippen LogP contribution in [0.15, 0.2) is 70.8 Å². The van der Waals surface area contributed by atoms with Crippen LogP contribution in [0.4, 0.5) is 0 Å². The molecule has 5 rings (SSSR count). The molecule has 1 N–H and O–H groups in total. The number of H-pyrrole nitrogens is 1. The highest BCUT2D eigenvalue weighted by Gasteiger charge is 2.34. The van der Waals surface area contributed by atoms with E-state index in [-0.39, 0.29) is 11.1 Å². The van der Waals surface area contributed by atoms with Crippen molar-refractivity contribution in [2.24, 2.45) is 0 Å². The molecule has 0 aliphatic heterocycles. The molecule has 0 unspecified atom stereocenters. The number of hydrogen-bond acceptors (Lipinski definition) is 6. The van der Waals surface area contributed by atoms with E-state index in [9.17, 15) is 4.79 Å². The maximum atomic E-state index is 13.8. The van der Waals surface area contributed by atoms with Crippen LogP contribution in [0.25, 0.3) is 10.9 Å². The molecule has 0 saturated heterocycles. The summed E-state index contributed by atoms with van der Waals surface area (Å²) in [7, 11) is 0. The van der Waals surface area contributed by atoms with Crippen molar-refractivity contribution >= 4 is 22.2 Å². The minimum absolute atomic E-state index is 0.115. The minimum atomic E-state index is -0.439. The van der Waals surface area contributed by atoms with Crippen molar-refractivity contribution < 1.29 is 0 Å². The molecule has 7 nitrogen and oxygen atoms in total.